The monoisotopic (exact) mass is 404 g/mol. The first kappa shape index (κ1) is 19.5. The zero-order chi connectivity index (χ0) is 19.3. The topological polar surface area (TPSA) is 60.3 Å². The molecule has 27 heavy (non-hydrogen) atoms. The minimum absolute atomic E-state index is 0.204. The molecule has 1 heterocycles. The molecule has 0 bridgehead atoms. The van der Waals surface area contributed by atoms with Gasteiger partial charge in [-0.05, 0) is 61.0 Å². The lowest BCUT2D eigenvalue weighted by Gasteiger charge is -2.11. The molecule has 0 radical (unpaired) electrons. The van der Waals surface area contributed by atoms with Gasteiger partial charge in [-0.3, -0.25) is 0 Å². The van der Waals surface area contributed by atoms with Crippen molar-refractivity contribution in [2.45, 2.75) is 24.9 Å². The first-order valence-electron chi connectivity index (χ1n) is 8.59. The van der Waals surface area contributed by atoms with Gasteiger partial charge in [0, 0.05) is 23.5 Å². The van der Waals surface area contributed by atoms with E-state index in [4.69, 9.17) is 16.3 Å². The van der Waals surface area contributed by atoms with E-state index in [2.05, 4.69) is 4.72 Å². The Labute approximate surface area is 164 Å². The smallest absolute Gasteiger partial charge is 0.240 e. The molecule has 0 atom stereocenters. The molecule has 0 saturated carbocycles. The van der Waals surface area contributed by atoms with Gasteiger partial charge in [-0.2, -0.15) is 0 Å². The van der Waals surface area contributed by atoms with Crippen LogP contribution in [0.3, 0.4) is 0 Å². The van der Waals surface area contributed by atoms with Crippen LogP contribution in [0.5, 0.6) is 5.75 Å². The summed E-state index contributed by atoms with van der Waals surface area (Å²) in [5.74, 6) is 0.647. The third-order valence-electron chi connectivity index (χ3n) is 4.08. The first-order chi connectivity index (χ1) is 13.0. The normalized spacial score (nSPS) is 11.5. The predicted octanol–water partition coefficient (Wildman–Crippen LogP) is 4.07. The second kappa shape index (κ2) is 8.61. The minimum Gasteiger partial charge on any atom is -0.494 e. The van der Waals surface area contributed by atoms with E-state index in [9.17, 15) is 8.42 Å². The highest BCUT2D eigenvalue weighted by Crippen LogP contribution is 2.17. The van der Waals surface area contributed by atoms with E-state index in [0.29, 0.717) is 23.9 Å². The summed E-state index contributed by atoms with van der Waals surface area (Å²) in [7, 11) is -3.60. The van der Waals surface area contributed by atoms with Crippen LogP contribution in [-0.2, 0) is 23.1 Å². The van der Waals surface area contributed by atoms with Crippen LogP contribution in [0.1, 0.15) is 18.2 Å². The highest BCUT2D eigenvalue weighted by Gasteiger charge is 2.14. The summed E-state index contributed by atoms with van der Waals surface area (Å²) in [6, 6.07) is 17.8. The van der Waals surface area contributed by atoms with E-state index in [1.165, 1.54) is 0 Å². The lowest BCUT2D eigenvalue weighted by molar-refractivity contribution is 0.340. The molecule has 0 amide bonds. The van der Waals surface area contributed by atoms with Crippen LogP contribution in [0.25, 0.3) is 0 Å². The van der Waals surface area contributed by atoms with Gasteiger partial charge in [0.1, 0.15) is 5.75 Å². The quantitative estimate of drug-likeness (QED) is 0.615. The van der Waals surface area contributed by atoms with Gasteiger partial charge in [0.25, 0.3) is 0 Å². The lowest BCUT2D eigenvalue weighted by atomic mass is 10.2. The van der Waals surface area contributed by atoms with Crippen molar-refractivity contribution >= 4 is 21.6 Å². The molecule has 0 unspecified atom stereocenters. The standard InChI is InChI=1S/C20H21ClN2O3S/c1-2-26-19-9-11-20(12-10-19)27(24,25)22-14-18-4-3-13-23(18)15-16-5-7-17(21)8-6-16/h3-13,22H,2,14-15H2,1H3. The number of benzene rings is 2. The van der Waals surface area contributed by atoms with Crippen molar-refractivity contribution in [1.82, 2.24) is 9.29 Å². The molecular formula is C20H21ClN2O3S. The Morgan fingerprint density at radius 2 is 1.74 bits per heavy atom. The maximum Gasteiger partial charge on any atom is 0.240 e. The lowest BCUT2D eigenvalue weighted by Crippen LogP contribution is -2.24. The number of aromatic nitrogens is 1. The molecule has 0 saturated heterocycles. The molecule has 3 aromatic rings. The Balaban J connectivity index is 1.67. The summed E-state index contributed by atoms with van der Waals surface area (Å²) in [5, 5.41) is 0.689. The second-order valence-corrected chi connectivity index (χ2v) is 8.19. The number of nitrogens with one attached hydrogen (secondary N) is 1. The highest BCUT2D eigenvalue weighted by molar-refractivity contribution is 7.89. The summed E-state index contributed by atoms with van der Waals surface area (Å²) >= 11 is 5.92. The van der Waals surface area contributed by atoms with Crippen LogP contribution in [-0.4, -0.2) is 19.6 Å². The van der Waals surface area contributed by atoms with Crippen molar-refractivity contribution in [2.75, 3.05) is 6.61 Å². The molecule has 1 aromatic heterocycles. The molecule has 142 valence electrons. The molecule has 1 N–H and O–H groups in total. The van der Waals surface area contributed by atoms with Crippen molar-refractivity contribution in [3.8, 4) is 5.75 Å². The average Bonchev–Trinajstić information content (AvgIpc) is 3.10. The van der Waals surface area contributed by atoms with Gasteiger partial charge >= 0.3 is 0 Å². The molecule has 0 spiro atoms. The number of sulfonamides is 1. The van der Waals surface area contributed by atoms with E-state index < -0.39 is 10.0 Å². The van der Waals surface area contributed by atoms with Crippen molar-refractivity contribution in [3.63, 3.8) is 0 Å². The van der Waals surface area contributed by atoms with Gasteiger partial charge in [0.15, 0.2) is 0 Å². The average molecular weight is 405 g/mol. The molecule has 0 aliphatic heterocycles. The number of rotatable bonds is 8. The van der Waals surface area contributed by atoms with Gasteiger partial charge in [-0.15, -0.1) is 0 Å². The van der Waals surface area contributed by atoms with Crippen LogP contribution in [0, 0.1) is 0 Å². The SMILES string of the molecule is CCOc1ccc(S(=O)(=O)NCc2cccn2Cc2ccc(Cl)cc2)cc1. The van der Waals surface area contributed by atoms with Crippen molar-refractivity contribution in [1.29, 1.82) is 0 Å². The summed E-state index contributed by atoms with van der Waals surface area (Å²) in [6.07, 6.45) is 1.93. The predicted molar refractivity (Wildman–Crippen MR) is 107 cm³/mol. The number of hydrogen-bond donors (Lipinski definition) is 1. The first-order valence-corrected chi connectivity index (χ1v) is 10.4. The Kier molecular flexibility index (Phi) is 6.21. The van der Waals surface area contributed by atoms with Crippen LogP contribution in [0.15, 0.2) is 71.8 Å². The third kappa shape index (κ3) is 5.13. The number of ether oxygens (including phenoxy) is 1. The van der Waals surface area contributed by atoms with Gasteiger partial charge in [-0.25, -0.2) is 13.1 Å². The molecule has 3 rings (SSSR count). The maximum absolute atomic E-state index is 12.5. The van der Waals surface area contributed by atoms with Gasteiger partial charge < -0.3 is 9.30 Å². The van der Waals surface area contributed by atoms with E-state index in [1.807, 2.05) is 54.1 Å². The van der Waals surface area contributed by atoms with E-state index >= 15 is 0 Å². The van der Waals surface area contributed by atoms with Gasteiger partial charge in [-0.1, -0.05) is 23.7 Å². The molecule has 7 heteroatoms. The number of halogens is 1. The van der Waals surface area contributed by atoms with Crippen LogP contribution < -0.4 is 9.46 Å². The van der Waals surface area contributed by atoms with Crippen LogP contribution in [0.2, 0.25) is 5.02 Å². The molecule has 0 aliphatic rings. The summed E-state index contributed by atoms with van der Waals surface area (Å²) in [6.45, 7) is 3.26. The second-order valence-electron chi connectivity index (χ2n) is 5.98. The fraction of sp³-hybridized carbons (Fsp3) is 0.200. The maximum atomic E-state index is 12.5. The Morgan fingerprint density at radius 3 is 2.41 bits per heavy atom. The molecule has 0 fully saturated rings. The third-order valence-corrected chi connectivity index (χ3v) is 5.75. The largest absolute Gasteiger partial charge is 0.494 e. The van der Waals surface area contributed by atoms with Gasteiger partial charge in [0.2, 0.25) is 10.0 Å². The zero-order valence-electron chi connectivity index (χ0n) is 14.9. The zero-order valence-corrected chi connectivity index (χ0v) is 16.5. The van der Waals surface area contributed by atoms with Crippen molar-refractivity contribution in [2.24, 2.45) is 0 Å². The Bertz CT molecular complexity index is 981. The summed E-state index contributed by atoms with van der Waals surface area (Å²) < 4.78 is 35.1. The minimum atomic E-state index is -3.60. The Morgan fingerprint density at radius 1 is 1.04 bits per heavy atom. The fourth-order valence-electron chi connectivity index (χ4n) is 2.68. The molecule has 2 aromatic carbocycles. The summed E-state index contributed by atoms with van der Waals surface area (Å²) in [5.41, 5.74) is 1.96. The molecule has 0 aliphatic carbocycles. The van der Waals surface area contributed by atoms with Gasteiger partial charge in [0.05, 0.1) is 18.0 Å². The van der Waals surface area contributed by atoms with E-state index in [-0.39, 0.29) is 11.4 Å². The fourth-order valence-corrected chi connectivity index (χ4v) is 3.81. The summed E-state index contributed by atoms with van der Waals surface area (Å²) in [4.78, 5) is 0.210. The van der Waals surface area contributed by atoms with Crippen molar-refractivity contribution < 1.29 is 13.2 Å². The van der Waals surface area contributed by atoms with E-state index in [1.54, 1.807) is 24.3 Å². The Hall–Kier alpha value is -2.28. The number of nitrogens with zero attached hydrogens (tertiary/aromatic N) is 1. The van der Waals surface area contributed by atoms with Crippen molar-refractivity contribution in [3.05, 3.63) is 83.1 Å². The highest BCUT2D eigenvalue weighted by atomic mass is 35.5. The molecular weight excluding hydrogens is 384 g/mol. The molecule has 5 nitrogen and oxygen atoms in total. The van der Waals surface area contributed by atoms with E-state index in [0.717, 1.165) is 11.3 Å². The van der Waals surface area contributed by atoms with Crippen LogP contribution in [0.4, 0.5) is 0 Å². The number of hydrogen-bond acceptors (Lipinski definition) is 3. The van der Waals surface area contributed by atoms with Crippen LogP contribution >= 0.6 is 11.6 Å².